The van der Waals surface area contributed by atoms with E-state index in [1.807, 2.05) is 24.3 Å². The molecule has 0 N–H and O–H groups in total. The van der Waals surface area contributed by atoms with Gasteiger partial charge >= 0.3 is 0 Å². The van der Waals surface area contributed by atoms with Crippen molar-refractivity contribution in [3.8, 4) is 0 Å². The van der Waals surface area contributed by atoms with Crippen LogP contribution in [0.1, 0.15) is 32.3 Å². The maximum atomic E-state index is 11.9. The Hall–Kier alpha value is -1.35. The molecular formula is C14H17ClN2O. The van der Waals surface area contributed by atoms with E-state index in [-0.39, 0.29) is 5.91 Å². The fraction of sp³-hybridized carbons (Fsp3) is 0.429. The SMILES string of the molecule is CC(C)CC1=NN(Cc2ccccc2Cl)C(=O)C1. The lowest BCUT2D eigenvalue weighted by atomic mass is 10.1. The van der Waals surface area contributed by atoms with Crippen molar-refractivity contribution in [3.05, 3.63) is 34.9 Å². The first-order valence-electron chi connectivity index (χ1n) is 6.16. The molecule has 96 valence electrons. The van der Waals surface area contributed by atoms with Crippen LogP contribution in [0.4, 0.5) is 0 Å². The van der Waals surface area contributed by atoms with Crippen molar-refractivity contribution in [3.63, 3.8) is 0 Å². The van der Waals surface area contributed by atoms with Gasteiger partial charge in [0.05, 0.1) is 13.0 Å². The van der Waals surface area contributed by atoms with Crippen molar-refractivity contribution in [1.29, 1.82) is 0 Å². The first-order chi connectivity index (χ1) is 8.56. The summed E-state index contributed by atoms with van der Waals surface area (Å²) in [6.45, 7) is 4.72. The molecule has 0 bridgehead atoms. The number of rotatable bonds is 4. The highest BCUT2D eigenvalue weighted by Gasteiger charge is 2.24. The summed E-state index contributed by atoms with van der Waals surface area (Å²) in [4.78, 5) is 11.9. The Morgan fingerprint density at radius 1 is 1.39 bits per heavy atom. The summed E-state index contributed by atoms with van der Waals surface area (Å²) in [5, 5.41) is 6.59. The molecule has 0 radical (unpaired) electrons. The Kier molecular flexibility index (Phi) is 4.02. The number of hydrogen-bond acceptors (Lipinski definition) is 2. The number of hydrazone groups is 1. The first kappa shape index (κ1) is 13.1. The predicted octanol–water partition coefficient (Wildman–Crippen LogP) is 3.47. The van der Waals surface area contributed by atoms with E-state index in [0.29, 0.717) is 23.9 Å². The van der Waals surface area contributed by atoms with E-state index in [9.17, 15) is 4.79 Å². The van der Waals surface area contributed by atoms with Crippen LogP contribution in [0.25, 0.3) is 0 Å². The minimum Gasteiger partial charge on any atom is -0.273 e. The lowest BCUT2D eigenvalue weighted by molar-refractivity contribution is -0.129. The summed E-state index contributed by atoms with van der Waals surface area (Å²) in [6, 6.07) is 7.55. The molecule has 1 aromatic rings. The molecular weight excluding hydrogens is 248 g/mol. The van der Waals surface area contributed by atoms with E-state index < -0.39 is 0 Å². The smallest absolute Gasteiger partial charge is 0.248 e. The second-order valence-corrected chi connectivity index (χ2v) is 5.39. The summed E-state index contributed by atoms with van der Waals surface area (Å²) in [6.07, 6.45) is 1.33. The van der Waals surface area contributed by atoms with Crippen molar-refractivity contribution < 1.29 is 4.79 Å². The molecule has 1 heterocycles. The van der Waals surface area contributed by atoms with Crippen LogP contribution in [-0.4, -0.2) is 16.6 Å². The van der Waals surface area contributed by atoms with Crippen LogP contribution in [-0.2, 0) is 11.3 Å². The maximum absolute atomic E-state index is 11.9. The monoisotopic (exact) mass is 264 g/mol. The van der Waals surface area contributed by atoms with Gasteiger partial charge in [0.25, 0.3) is 0 Å². The van der Waals surface area contributed by atoms with Gasteiger partial charge < -0.3 is 0 Å². The molecule has 0 fully saturated rings. The van der Waals surface area contributed by atoms with Gasteiger partial charge in [-0.25, -0.2) is 5.01 Å². The fourth-order valence-electron chi connectivity index (χ4n) is 2.02. The molecule has 0 aromatic heterocycles. The Labute approximate surface area is 112 Å². The number of benzene rings is 1. The molecule has 0 aliphatic carbocycles. The van der Waals surface area contributed by atoms with E-state index in [1.165, 1.54) is 5.01 Å². The number of nitrogens with zero attached hydrogens (tertiary/aromatic N) is 2. The van der Waals surface area contributed by atoms with Crippen molar-refractivity contribution in [2.24, 2.45) is 11.0 Å². The van der Waals surface area contributed by atoms with Gasteiger partial charge in [0, 0.05) is 10.7 Å². The lowest BCUT2D eigenvalue weighted by Crippen LogP contribution is -2.20. The Morgan fingerprint density at radius 3 is 2.78 bits per heavy atom. The zero-order valence-corrected chi connectivity index (χ0v) is 11.4. The van der Waals surface area contributed by atoms with Crippen LogP contribution in [0.2, 0.25) is 5.02 Å². The van der Waals surface area contributed by atoms with Crippen molar-refractivity contribution in [2.45, 2.75) is 33.2 Å². The highest BCUT2D eigenvalue weighted by Crippen LogP contribution is 2.21. The highest BCUT2D eigenvalue weighted by atomic mass is 35.5. The van der Waals surface area contributed by atoms with E-state index >= 15 is 0 Å². The molecule has 0 saturated heterocycles. The molecule has 1 aliphatic heterocycles. The number of carbonyl (C=O) groups excluding carboxylic acids is 1. The summed E-state index contributed by atoms with van der Waals surface area (Å²) in [7, 11) is 0. The zero-order valence-electron chi connectivity index (χ0n) is 10.7. The van der Waals surface area contributed by atoms with Crippen LogP contribution in [0.3, 0.4) is 0 Å². The predicted molar refractivity (Wildman–Crippen MR) is 73.5 cm³/mol. The van der Waals surface area contributed by atoms with E-state index in [4.69, 9.17) is 11.6 Å². The van der Waals surface area contributed by atoms with Gasteiger partial charge in [-0.3, -0.25) is 4.79 Å². The average Bonchev–Trinajstić information content (AvgIpc) is 2.61. The summed E-state index contributed by atoms with van der Waals surface area (Å²) in [5.41, 5.74) is 1.91. The zero-order chi connectivity index (χ0) is 13.1. The third-order valence-corrected chi connectivity index (χ3v) is 3.20. The minimum atomic E-state index is 0.0607. The largest absolute Gasteiger partial charge is 0.273 e. The standard InChI is InChI=1S/C14H17ClN2O/c1-10(2)7-12-8-14(18)17(16-12)9-11-5-3-4-6-13(11)15/h3-6,10H,7-9H2,1-2H3. The Balaban J connectivity index is 2.08. The van der Waals surface area contributed by atoms with Gasteiger partial charge in [-0.2, -0.15) is 5.10 Å². The molecule has 4 heteroatoms. The summed E-state index contributed by atoms with van der Waals surface area (Å²) in [5.74, 6) is 0.586. The second-order valence-electron chi connectivity index (χ2n) is 4.98. The number of hydrogen-bond donors (Lipinski definition) is 0. The van der Waals surface area contributed by atoms with Gasteiger partial charge in [0.2, 0.25) is 5.91 Å². The molecule has 2 rings (SSSR count). The second kappa shape index (κ2) is 5.53. The van der Waals surface area contributed by atoms with Crippen molar-refractivity contribution >= 4 is 23.2 Å². The fourth-order valence-corrected chi connectivity index (χ4v) is 2.22. The molecule has 0 atom stereocenters. The molecule has 3 nitrogen and oxygen atoms in total. The quantitative estimate of drug-likeness (QED) is 0.820. The minimum absolute atomic E-state index is 0.0607. The van der Waals surface area contributed by atoms with Crippen LogP contribution in [0.15, 0.2) is 29.4 Å². The van der Waals surface area contributed by atoms with E-state index in [1.54, 1.807) is 0 Å². The topological polar surface area (TPSA) is 32.7 Å². The van der Waals surface area contributed by atoms with Crippen LogP contribution < -0.4 is 0 Å². The number of carbonyl (C=O) groups is 1. The molecule has 1 aromatic carbocycles. The third kappa shape index (κ3) is 3.10. The number of amides is 1. The normalized spacial score (nSPS) is 15.4. The summed E-state index contributed by atoms with van der Waals surface area (Å²) >= 11 is 6.08. The Bertz CT molecular complexity index is 482. The van der Waals surface area contributed by atoms with Crippen LogP contribution in [0.5, 0.6) is 0 Å². The van der Waals surface area contributed by atoms with Crippen LogP contribution in [0, 0.1) is 5.92 Å². The molecule has 0 unspecified atom stereocenters. The maximum Gasteiger partial charge on any atom is 0.248 e. The van der Waals surface area contributed by atoms with Gasteiger partial charge in [-0.1, -0.05) is 43.6 Å². The van der Waals surface area contributed by atoms with Gasteiger partial charge in [0.15, 0.2) is 0 Å². The van der Waals surface area contributed by atoms with Gasteiger partial charge in [-0.15, -0.1) is 0 Å². The summed E-state index contributed by atoms with van der Waals surface area (Å²) < 4.78 is 0. The lowest BCUT2D eigenvalue weighted by Gasteiger charge is -2.12. The van der Waals surface area contributed by atoms with Crippen molar-refractivity contribution in [1.82, 2.24) is 5.01 Å². The van der Waals surface area contributed by atoms with Gasteiger partial charge in [0.1, 0.15) is 0 Å². The van der Waals surface area contributed by atoms with Crippen molar-refractivity contribution in [2.75, 3.05) is 0 Å². The highest BCUT2D eigenvalue weighted by molar-refractivity contribution is 6.31. The number of halogens is 1. The first-order valence-corrected chi connectivity index (χ1v) is 6.54. The van der Waals surface area contributed by atoms with Crippen LogP contribution >= 0.6 is 11.6 Å². The average molecular weight is 265 g/mol. The Morgan fingerprint density at radius 2 is 2.11 bits per heavy atom. The molecule has 1 aliphatic rings. The van der Waals surface area contributed by atoms with Gasteiger partial charge in [-0.05, 0) is 24.0 Å². The molecule has 0 saturated carbocycles. The third-order valence-electron chi connectivity index (χ3n) is 2.83. The molecule has 18 heavy (non-hydrogen) atoms. The van der Waals surface area contributed by atoms with E-state index in [2.05, 4.69) is 18.9 Å². The molecule has 0 spiro atoms. The van der Waals surface area contributed by atoms with E-state index in [0.717, 1.165) is 17.7 Å². The molecule has 1 amide bonds.